The Morgan fingerprint density at radius 2 is 1.96 bits per heavy atom. The van der Waals surface area contributed by atoms with Crippen molar-refractivity contribution in [1.29, 1.82) is 0 Å². The van der Waals surface area contributed by atoms with Crippen LogP contribution >= 0.6 is 11.6 Å². The van der Waals surface area contributed by atoms with Gasteiger partial charge in [0.15, 0.2) is 18.1 Å². The van der Waals surface area contributed by atoms with Gasteiger partial charge < -0.3 is 14.2 Å². The molecule has 0 unspecified atom stereocenters. The second kappa shape index (κ2) is 9.14. The summed E-state index contributed by atoms with van der Waals surface area (Å²) in [5.74, 6) is 0.563. The second-order valence-corrected chi connectivity index (χ2v) is 5.76. The van der Waals surface area contributed by atoms with Crippen molar-refractivity contribution in [2.24, 2.45) is 0 Å². The highest BCUT2D eigenvalue weighted by molar-refractivity contribution is 6.31. The molecule has 2 aromatic carbocycles. The second-order valence-electron chi connectivity index (χ2n) is 5.35. The Morgan fingerprint density at radius 3 is 2.64 bits per heavy atom. The molecule has 0 saturated carbocycles. The number of hydrogen-bond donors (Lipinski definition) is 0. The molecular formula is C20H21ClO4. The lowest BCUT2D eigenvalue weighted by molar-refractivity contribution is -0.151. The standard InChI is InChI=1S/C20H21ClO4/c1-4-7-15-10-11-18(19(12-15)23-3)24-13-20(22)25-14(2)16-8-5-6-9-17(16)21/h4-12,14H,13H2,1-3H3/b7-4+/t14-/m0/s1. The van der Waals surface area contributed by atoms with Crippen LogP contribution in [0.4, 0.5) is 0 Å². The van der Waals surface area contributed by atoms with Crippen LogP contribution in [0.15, 0.2) is 48.5 Å². The van der Waals surface area contributed by atoms with Gasteiger partial charge in [-0.25, -0.2) is 4.79 Å². The first-order valence-electron chi connectivity index (χ1n) is 7.92. The highest BCUT2D eigenvalue weighted by Gasteiger charge is 2.15. The third kappa shape index (κ3) is 5.26. The van der Waals surface area contributed by atoms with Crippen molar-refractivity contribution in [3.8, 4) is 11.5 Å². The van der Waals surface area contributed by atoms with Gasteiger partial charge in [0.2, 0.25) is 0 Å². The van der Waals surface area contributed by atoms with Crippen molar-refractivity contribution in [3.63, 3.8) is 0 Å². The van der Waals surface area contributed by atoms with E-state index in [1.54, 1.807) is 26.2 Å². The summed E-state index contributed by atoms with van der Waals surface area (Å²) in [6.07, 6.45) is 3.43. The number of halogens is 1. The van der Waals surface area contributed by atoms with E-state index >= 15 is 0 Å². The summed E-state index contributed by atoms with van der Waals surface area (Å²) in [6.45, 7) is 3.49. The Hall–Kier alpha value is -2.46. The molecule has 132 valence electrons. The van der Waals surface area contributed by atoms with Crippen LogP contribution in [0.5, 0.6) is 11.5 Å². The summed E-state index contributed by atoms with van der Waals surface area (Å²) < 4.78 is 16.2. The number of esters is 1. The lowest BCUT2D eigenvalue weighted by atomic mass is 10.1. The normalized spacial score (nSPS) is 12.0. The molecule has 0 heterocycles. The molecule has 0 aliphatic carbocycles. The maximum absolute atomic E-state index is 12.0. The van der Waals surface area contributed by atoms with E-state index in [-0.39, 0.29) is 6.61 Å². The van der Waals surface area contributed by atoms with Crippen LogP contribution in [0.1, 0.15) is 31.1 Å². The summed E-state index contributed by atoms with van der Waals surface area (Å²) in [5.41, 5.74) is 1.74. The molecule has 4 nitrogen and oxygen atoms in total. The lowest BCUT2D eigenvalue weighted by Crippen LogP contribution is -2.17. The number of carbonyl (C=O) groups excluding carboxylic acids is 1. The van der Waals surface area contributed by atoms with Gasteiger partial charge in [0.25, 0.3) is 0 Å². The molecule has 0 radical (unpaired) electrons. The average molecular weight is 361 g/mol. The number of allylic oxidation sites excluding steroid dienone is 1. The largest absolute Gasteiger partial charge is 0.493 e. The smallest absolute Gasteiger partial charge is 0.344 e. The van der Waals surface area contributed by atoms with Gasteiger partial charge in [-0.05, 0) is 37.6 Å². The first kappa shape index (κ1) is 18.9. The first-order valence-corrected chi connectivity index (χ1v) is 8.30. The fraction of sp³-hybridized carbons (Fsp3) is 0.250. The Kier molecular flexibility index (Phi) is 6.90. The summed E-state index contributed by atoms with van der Waals surface area (Å²) in [5, 5.41) is 0.560. The van der Waals surface area contributed by atoms with Crippen LogP contribution in [0, 0.1) is 0 Å². The Labute approximate surface area is 153 Å². The quantitative estimate of drug-likeness (QED) is 0.647. The van der Waals surface area contributed by atoms with Gasteiger partial charge in [-0.15, -0.1) is 0 Å². The molecular weight excluding hydrogens is 340 g/mol. The highest BCUT2D eigenvalue weighted by Crippen LogP contribution is 2.29. The van der Waals surface area contributed by atoms with E-state index in [2.05, 4.69) is 0 Å². The number of hydrogen-bond acceptors (Lipinski definition) is 4. The van der Waals surface area contributed by atoms with Crippen molar-refractivity contribution in [2.45, 2.75) is 20.0 Å². The van der Waals surface area contributed by atoms with Crippen molar-refractivity contribution in [2.75, 3.05) is 13.7 Å². The van der Waals surface area contributed by atoms with E-state index in [9.17, 15) is 4.79 Å². The van der Waals surface area contributed by atoms with E-state index in [1.165, 1.54) is 0 Å². The minimum absolute atomic E-state index is 0.214. The zero-order valence-electron chi connectivity index (χ0n) is 14.5. The van der Waals surface area contributed by atoms with Crippen LogP contribution in [0.2, 0.25) is 5.02 Å². The highest BCUT2D eigenvalue weighted by atomic mass is 35.5. The third-order valence-electron chi connectivity index (χ3n) is 3.54. The molecule has 5 heteroatoms. The SMILES string of the molecule is C/C=C/c1ccc(OCC(=O)O[C@@H](C)c2ccccc2Cl)c(OC)c1. The molecule has 0 spiro atoms. The Balaban J connectivity index is 1.97. The van der Waals surface area contributed by atoms with E-state index in [1.807, 2.05) is 49.4 Å². The van der Waals surface area contributed by atoms with E-state index < -0.39 is 12.1 Å². The molecule has 0 bridgehead atoms. The van der Waals surface area contributed by atoms with Crippen molar-refractivity contribution in [1.82, 2.24) is 0 Å². The molecule has 0 N–H and O–H groups in total. The number of benzene rings is 2. The summed E-state index contributed by atoms with van der Waals surface area (Å²) in [4.78, 5) is 12.0. The van der Waals surface area contributed by atoms with E-state index in [4.69, 9.17) is 25.8 Å². The van der Waals surface area contributed by atoms with Crippen LogP contribution in [0.3, 0.4) is 0 Å². The van der Waals surface area contributed by atoms with Gasteiger partial charge in [-0.2, -0.15) is 0 Å². The predicted molar refractivity (Wildman–Crippen MR) is 99.2 cm³/mol. The molecule has 1 atom stereocenters. The fourth-order valence-electron chi connectivity index (χ4n) is 2.34. The van der Waals surface area contributed by atoms with Crippen LogP contribution in [0.25, 0.3) is 6.08 Å². The number of carbonyl (C=O) groups is 1. The molecule has 2 rings (SSSR count). The molecule has 0 aliphatic rings. The van der Waals surface area contributed by atoms with Crippen molar-refractivity contribution in [3.05, 3.63) is 64.7 Å². The van der Waals surface area contributed by atoms with Crippen molar-refractivity contribution >= 4 is 23.6 Å². The van der Waals surface area contributed by atoms with Gasteiger partial charge in [-0.3, -0.25) is 0 Å². The third-order valence-corrected chi connectivity index (χ3v) is 3.89. The van der Waals surface area contributed by atoms with E-state index in [0.717, 1.165) is 11.1 Å². The monoisotopic (exact) mass is 360 g/mol. The minimum atomic E-state index is -0.480. The fourth-order valence-corrected chi connectivity index (χ4v) is 2.63. The lowest BCUT2D eigenvalue weighted by Gasteiger charge is -2.16. The summed E-state index contributed by atoms with van der Waals surface area (Å²) in [7, 11) is 1.55. The van der Waals surface area contributed by atoms with Crippen molar-refractivity contribution < 1.29 is 19.0 Å². The maximum Gasteiger partial charge on any atom is 0.344 e. The minimum Gasteiger partial charge on any atom is -0.493 e. The first-order chi connectivity index (χ1) is 12.0. The van der Waals surface area contributed by atoms with Gasteiger partial charge in [0.05, 0.1) is 7.11 Å². The predicted octanol–water partition coefficient (Wildman–Crippen LogP) is 5.06. The number of rotatable bonds is 7. The van der Waals surface area contributed by atoms with Gasteiger partial charge in [-0.1, -0.05) is 48.0 Å². The van der Waals surface area contributed by atoms with Gasteiger partial charge in [0.1, 0.15) is 6.10 Å². The zero-order valence-corrected chi connectivity index (χ0v) is 15.2. The topological polar surface area (TPSA) is 44.8 Å². The summed E-state index contributed by atoms with van der Waals surface area (Å²) in [6, 6.07) is 12.7. The van der Waals surface area contributed by atoms with Crippen LogP contribution in [-0.4, -0.2) is 19.7 Å². The molecule has 25 heavy (non-hydrogen) atoms. The van der Waals surface area contributed by atoms with Crippen LogP contribution in [-0.2, 0) is 9.53 Å². The summed E-state index contributed by atoms with van der Waals surface area (Å²) >= 11 is 6.11. The number of methoxy groups -OCH3 is 1. The van der Waals surface area contributed by atoms with E-state index in [0.29, 0.717) is 16.5 Å². The molecule has 0 aliphatic heterocycles. The van der Waals surface area contributed by atoms with Crippen LogP contribution < -0.4 is 9.47 Å². The van der Waals surface area contributed by atoms with Gasteiger partial charge in [0, 0.05) is 10.6 Å². The Bertz CT molecular complexity index is 755. The molecule has 0 saturated heterocycles. The average Bonchev–Trinajstić information content (AvgIpc) is 2.61. The Morgan fingerprint density at radius 1 is 1.20 bits per heavy atom. The number of ether oxygens (including phenoxy) is 3. The molecule has 0 amide bonds. The van der Waals surface area contributed by atoms with Gasteiger partial charge >= 0.3 is 5.97 Å². The maximum atomic E-state index is 12.0. The molecule has 2 aromatic rings. The molecule has 0 fully saturated rings. The molecule has 0 aromatic heterocycles. The zero-order chi connectivity index (χ0) is 18.2.